The predicted molar refractivity (Wildman–Crippen MR) is 118 cm³/mol. The monoisotopic (exact) mass is 411 g/mol. The summed E-state index contributed by atoms with van der Waals surface area (Å²) in [7, 11) is 1.66. The molecule has 2 amide bonds. The zero-order chi connectivity index (χ0) is 21.5. The van der Waals surface area contributed by atoms with Gasteiger partial charge in [0, 0.05) is 11.4 Å². The molecule has 0 bridgehead atoms. The maximum Gasteiger partial charge on any atom is 0.275 e. The van der Waals surface area contributed by atoms with Crippen molar-refractivity contribution in [3.8, 4) is 5.75 Å². The largest absolute Gasteiger partial charge is 0.497 e. The van der Waals surface area contributed by atoms with E-state index in [1.165, 1.54) is 10.6 Å². The van der Waals surface area contributed by atoms with Crippen LogP contribution in [0.1, 0.15) is 11.1 Å². The molecule has 0 atom stereocenters. The second kappa shape index (κ2) is 10.1. The van der Waals surface area contributed by atoms with Gasteiger partial charge in [0.1, 0.15) is 5.75 Å². The summed E-state index contributed by atoms with van der Waals surface area (Å²) in [5, 5.41) is 5.61. The van der Waals surface area contributed by atoms with E-state index in [1.807, 2.05) is 44.2 Å². The molecule has 30 heavy (non-hydrogen) atoms. The van der Waals surface area contributed by atoms with Gasteiger partial charge < -0.3 is 25.2 Å². The van der Waals surface area contributed by atoms with E-state index in [0.717, 1.165) is 48.7 Å². The van der Waals surface area contributed by atoms with E-state index in [0.29, 0.717) is 6.54 Å². The van der Waals surface area contributed by atoms with E-state index < -0.39 is 0 Å². The van der Waals surface area contributed by atoms with Gasteiger partial charge in [0.15, 0.2) is 6.54 Å². The number of ether oxygens (including phenoxy) is 1. The standard InChI is InChI=1S/C23H30N4O3/c1-17-5-4-6-21(18(17)2)25-22(28)15-24-23(29)16-26-11-13-27(14-12-26)19-7-9-20(30-3)10-8-19/h4-10H,11-16H2,1-3H3,(H,24,29)(H,25,28)/p+1. The van der Waals surface area contributed by atoms with Gasteiger partial charge in [-0.2, -0.15) is 0 Å². The maximum atomic E-state index is 12.3. The highest BCUT2D eigenvalue weighted by Gasteiger charge is 2.22. The fourth-order valence-corrected chi connectivity index (χ4v) is 3.60. The number of nitrogens with one attached hydrogen (secondary N) is 3. The third-order valence-electron chi connectivity index (χ3n) is 5.64. The molecule has 0 aliphatic carbocycles. The van der Waals surface area contributed by atoms with Gasteiger partial charge in [-0.3, -0.25) is 9.59 Å². The Morgan fingerprint density at radius 3 is 2.40 bits per heavy atom. The minimum atomic E-state index is -0.212. The molecule has 2 aromatic rings. The van der Waals surface area contributed by atoms with Crippen LogP contribution in [-0.2, 0) is 9.59 Å². The molecular weight excluding hydrogens is 380 g/mol. The van der Waals surface area contributed by atoms with Gasteiger partial charge in [0.05, 0.1) is 39.8 Å². The summed E-state index contributed by atoms with van der Waals surface area (Å²) in [6, 6.07) is 13.8. The first kappa shape index (κ1) is 21.6. The zero-order valence-corrected chi connectivity index (χ0v) is 18.0. The molecule has 0 unspecified atom stereocenters. The highest BCUT2D eigenvalue weighted by Crippen LogP contribution is 2.19. The van der Waals surface area contributed by atoms with Crippen LogP contribution in [0.15, 0.2) is 42.5 Å². The average molecular weight is 412 g/mol. The molecule has 0 radical (unpaired) electrons. The average Bonchev–Trinajstić information content (AvgIpc) is 2.76. The summed E-state index contributed by atoms with van der Waals surface area (Å²) in [4.78, 5) is 28.0. The van der Waals surface area contributed by atoms with E-state index in [-0.39, 0.29) is 18.4 Å². The maximum absolute atomic E-state index is 12.3. The number of aryl methyl sites for hydroxylation is 1. The molecular formula is C23H31N4O3+. The van der Waals surface area contributed by atoms with Crippen LogP contribution in [-0.4, -0.2) is 58.2 Å². The molecule has 1 heterocycles. The van der Waals surface area contributed by atoms with E-state index in [2.05, 4.69) is 27.7 Å². The molecule has 160 valence electrons. The second-order valence-electron chi connectivity index (χ2n) is 7.68. The number of anilines is 2. The number of hydrogen-bond donors (Lipinski definition) is 3. The van der Waals surface area contributed by atoms with Crippen LogP contribution in [0, 0.1) is 13.8 Å². The first-order valence-electron chi connectivity index (χ1n) is 10.3. The molecule has 7 heteroatoms. The molecule has 3 N–H and O–H groups in total. The smallest absolute Gasteiger partial charge is 0.275 e. The molecule has 1 aliphatic heterocycles. The summed E-state index contributed by atoms with van der Waals surface area (Å²) in [5.41, 5.74) is 4.11. The Kier molecular flexibility index (Phi) is 7.30. The Labute approximate surface area is 178 Å². The minimum Gasteiger partial charge on any atom is -0.497 e. The van der Waals surface area contributed by atoms with Crippen molar-refractivity contribution in [2.45, 2.75) is 13.8 Å². The Balaban J connectivity index is 1.39. The molecule has 7 nitrogen and oxygen atoms in total. The third-order valence-corrected chi connectivity index (χ3v) is 5.64. The van der Waals surface area contributed by atoms with Crippen LogP contribution in [0.25, 0.3) is 0 Å². The number of rotatable bonds is 7. The number of quaternary nitrogens is 1. The molecule has 1 fully saturated rings. The number of carbonyl (C=O) groups is 2. The molecule has 2 aromatic carbocycles. The van der Waals surface area contributed by atoms with Crippen molar-refractivity contribution in [3.05, 3.63) is 53.6 Å². The van der Waals surface area contributed by atoms with Crippen molar-refractivity contribution in [2.24, 2.45) is 0 Å². The van der Waals surface area contributed by atoms with Crippen molar-refractivity contribution in [2.75, 3.05) is 56.6 Å². The van der Waals surface area contributed by atoms with Crippen LogP contribution in [0.4, 0.5) is 11.4 Å². The Hall–Kier alpha value is -3.06. The van der Waals surface area contributed by atoms with Crippen molar-refractivity contribution in [1.29, 1.82) is 0 Å². The van der Waals surface area contributed by atoms with Crippen LogP contribution in [0.2, 0.25) is 0 Å². The number of piperazine rings is 1. The summed E-state index contributed by atoms with van der Waals surface area (Å²) >= 11 is 0. The normalized spacial score (nSPS) is 14.3. The summed E-state index contributed by atoms with van der Waals surface area (Å²) in [6.07, 6.45) is 0. The third kappa shape index (κ3) is 5.73. The lowest BCUT2D eigenvalue weighted by Gasteiger charge is -2.33. The number of hydrogen-bond acceptors (Lipinski definition) is 4. The second-order valence-corrected chi connectivity index (χ2v) is 7.68. The highest BCUT2D eigenvalue weighted by atomic mass is 16.5. The molecule has 0 spiro atoms. The van der Waals surface area contributed by atoms with Gasteiger partial charge in [-0.25, -0.2) is 0 Å². The quantitative estimate of drug-likeness (QED) is 0.629. The van der Waals surface area contributed by atoms with Crippen molar-refractivity contribution < 1.29 is 19.2 Å². The summed E-state index contributed by atoms with van der Waals surface area (Å²) in [5.74, 6) is 0.539. The van der Waals surface area contributed by atoms with E-state index in [1.54, 1.807) is 7.11 Å². The lowest BCUT2D eigenvalue weighted by molar-refractivity contribution is -0.892. The van der Waals surface area contributed by atoms with Crippen LogP contribution < -0.4 is 25.2 Å². The molecule has 3 rings (SSSR count). The Morgan fingerprint density at radius 1 is 1.03 bits per heavy atom. The lowest BCUT2D eigenvalue weighted by Crippen LogP contribution is -3.16. The molecule has 1 saturated heterocycles. The number of benzene rings is 2. The van der Waals surface area contributed by atoms with Crippen molar-refractivity contribution in [3.63, 3.8) is 0 Å². The SMILES string of the molecule is COc1ccc(N2CC[NH+](CC(=O)NCC(=O)Nc3cccc(C)c3C)CC2)cc1. The minimum absolute atomic E-state index is 0.0164. The van der Waals surface area contributed by atoms with Crippen LogP contribution in [0.3, 0.4) is 0 Å². The van der Waals surface area contributed by atoms with Gasteiger partial charge in [-0.1, -0.05) is 12.1 Å². The number of amides is 2. The first-order valence-corrected chi connectivity index (χ1v) is 10.3. The lowest BCUT2D eigenvalue weighted by atomic mass is 10.1. The van der Waals surface area contributed by atoms with Gasteiger partial charge in [-0.15, -0.1) is 0 Å². The van der Waals surface area contributed by atoms with Crippen molar-refractivity contribution in [1.82, 2.24) is 5.32 Å². The van der Waals surface area contributed by atoms with E-state index in [4.69, 9.17) is 4.74 Å². The van der Waals surface area contributed by atoms with E-state index in [9.17, 15) is 9.59 Å². The Morgan fingerprint density at radius 2 is 1.73 bits per heavy atom. The van der Waals surface area contributed by atoms with Gasteiger partial charge in [0.25, 0.3) is 5.91 Å². The van der Waals surface area contributed by atoms with Gasteiger partial charge in [-0.05, 0) is 55.3 Å². The number of nitrogens with zero attached hydrogens (tertiary/aromatic N) is 1. The van der Waals surface area contributed by atoms with Gasteiger partial charge >= 0.3 is 0 Å². The Bertz CT molecular complexity index is 875. The molecule has 1 aliphatic rings. The summed E-state index contributed by atoms with van der Waals surface area (Å²) < 4.78 is 5.21. The number of carbonyl (C=O) groups excluding carboxylic acids is 2. The number of methoxy groups -OCH3 is 1. The predicted octanol–water partition coefficient (Wildman–Crippen LogP) is 0.772. The topological polar surface area (TPSA) is 75.1 Å². The van der Waals surface area contributed by atoms with Crippen molar-refractivity contribution >= 4 is 23.2 Å². The molecule has 0 saturated carbocycles. The fraction of sp³-hybridized carbons (Fsp3) is 0.391. The van der Waals surface area contributed by atoms with Crippen LogP contribution >= 0.6 is 0 Å². The van der Waals surface area contributed by atoms with Crippen LogP contribution in [0.5, 0.6) is 5.75 Å². The highest BCUT2D eigenvalue weighted by molar-refractivity contribution is 5.95. The fourth-order valence-electron chi connectivity index (χ4n) is 3.60. The first-order chi connectivity index (χ1) is 14.5. The molecule has 0 aromatic heterocycles. The zero-order valence-electron chi connectivity index (χ0n) is 18.0. The van der Waals surface area contributed by atoms with E-state index >= 15 is 0 Å². The summed E-state index contributed by atoms with van der Waals surface area (Å²) in [6.45, 7) is 7.89. The van der Waals surface area contributed by atoms with Gasteiger partial charge in [0.2, 0.25) is 5.91 Å².